The van der Waals surface area contributed by atoms with E-state index < -0.39 is 0 Å². The molecule has 0 fully saturated rings. The van der Waals surface area contributed by atoms with E-state index in [0.29, 0.717) is 17.5 Å². The molecule has 10 aromatic carbocycles. The highest BCUT2D eigenvalue weighted by molar-refractivity contribution is 6.20. The van der Waals surface area contributed by atoms with Crippen LogP contribution in [0, 0.1) is 0 Å². The Bertz CT molecular complexity index is 3630. The normalized spacial score (nSPS) is 11.6. The minimum Gasteiger partial charge on any atom is -0.456 e. The van der Waals surface area contributed by atoms with Crippen LogP contribution in [0.2, 0.25) is 0 Å². The Hall–Kier alpha value is -8.21. The van der Waals surface area contributed by atoms with Crippen molar-refractivity contribution < 1.29 is 4.42 Å². The standard InChI is InChI=1S/C57H35N3O/c1-2-12-38(13-3-1)44-16-8-9-20-49(44)57-59-55(58-56(60-57)43-31-33-53-51(35-43)47-19-10-11-21-52(47)61-53)41-28-24-37(25-29-41)36-22-26-40(27-23-36)54-46-18-7-5-15-42(46)34-50-45-17-6-4-14-39(45)30-32-48(50)54/h1-35H. The first kappa shape index (κ1) is 34.8. The van der Waals surface area contributed by atoms with Gasteiger partial charge in [-0.3, -0.25) is 0 Å². The van der Waals surface area contributed by atoms with Crippen molar-refractivity contribution in [2.75, 3.05) is 0 Å². The smallest absolute Gasteiger partial charge is 0.164 e. The third-order valence-electron chi connectivity index (χ3n) is 11.9. The zero-order valence-electron chi connectivity index (χ0n) is 33.0. The zero-order valence-corrected chi connectivity index (χ0v) is 33.0. The van der Waals surface area contributed by atoms with Crippen molar-refractivity contribution in [3.63, 3.8) is 0 Å². The molecule has 2 heterocycles. The van der Waals surface area contributed by atoms with Gasteiger partial charge in [0.2, 0.25) is 0 Å². The highest BCUT2D eigenvalue weighted by Gasteiger charge is 2.18. The first-order valence-electron chi connectivity index (χ1n) is 20.6. The van der Waals surface area contributed by atoms with Gasteiger partial charge in [0.15, 0.2) is 17.5 Å². The molecule has 0 N–H and O–H groups in total. The molecule has 0 radical (unpaired) electrons. The first-order valence-corrected chi connectivity index (χ1v) is 20.6. The molecule has 0 aliphatic heterocycles. The van der Waals surface area contributed by atoms with Crippen LogP contribution in [0.4, 0.5) is 0 Å². The van der Waals surface area contributed by atoms with Crippen LogP contribution in [0.3, 0.4) is 0 Å². The zero-order chi connectivity index (χ0) is 40.3. The molecule has 4 nitrogen and oxygen atoms in total. The monoisotopic (exact) mass is 777 g/mol. The van der Waals surface area contributed by atoms with Crippen molar-refractivity contribution in [2.24, 2.45) is 0 Å². The van der Waals surface area contributed by atoms with Crippen molar-refractivity contribution in [3.05, 3.63) is 212 Å². The van der Waals surface area contributed by atoms with Crippen LogP contribution in [0.15, 0.2) is 217 Å². The van der Waals surface area contributed by atoms with E-state index in [2.05, 4.69) is 170 Å². The van der Waals surface area contributed by atoms with Gasteiger partial charge < -0.3 is 4.42 Å². The molecule has 61 heavy (non-hydrogen) atoms. The number of fused-ring (bicyclic) bond motifs is 7. The van der Waals surface area contributed by atoms with E-state index in [-0.39, 0.29) is 0 Å². The molecule has 0 saturated carbocycles. The maximum atomic E-state index is 6.17. The molecule has 0 aliphatic rings. The molecule has 0 amide bonds. The second kappa shape index (κ2) is 14.3. The molecule has 0 bridgehead atoms. The molecule has 0 saturated heterocycles. The van der Waals surface area contributed by atoms with Crippen molar-refractivity contribution >= 4 is 54.3 Å². The van der Waals surface area contributed by atoms with Crippen LogP contribution in [-0.2, 0) is 0 Å². The maximum Gasteiger partial charge on any atom is 0.164 e. The molecule has 4 heteroatoms. The Morgan fingerprint density at radius 2 is 0.820 bits per heavy atom. The van der Waals surface area contributed by atoms with E-state index in [1.54, 1.807) is 0 Å². The topological polar surface area (TPSA) is 51.8 Å². The van der Waals surface area contributed by atoms with Gasteiger partial charge in [-0.2, -0.15) is 0 Å². The Morgan fingerprint density at radius 3 is 1.61 bits per heavy atom. The quantitative estimate of drug-likeness (QED) is 0.125. The van der Waals surface area contributed by atoms with Gasteiger partial charge in [0.1, 0.15) is 11.2 Å². The third kappa shape index (κ3) is 6.04. The molecular weight excluding hydrogens is 743 g/mol. The van der Waals surface area contributed by atoms with Gasteiger partial charge in [-0.1, -0.05) is 182 Å². The fourth-order valence-electron chi connectivity index (χ4n) is 8.94. The van der Waals surface area contributed by atoms with Crippen molar-refractivity contribution in [1.82, 2.24) is 15.0 Å². The molecule has 2 aromatic heterocycles. The van der Waals surface area contributed by atoms with E-state index in [4.69, 9.17) is 19.4 Å². The fourth-order valence-corrected chi connectivity index (χ4v) is 8.94. The molecule has 12 aromatic rings. The second-order valence-corrected chi connectivity index (χ2v) is 15.5. The summed E-state index contributed by atoms with van der Waals surface area (Å²) in [5.74, 6) is 1.83. The highest BCUT2D eigenvalue weighted by Crippen LogP contribution is 2.40. The van der Waals surface area contributed by atoms with E-state index in [0.717, 1.165) is 60.9 Å². The summed E-state index contributed by atoms with van der Waals surface area (Å²) in [7, 11) is 0. The predicted octanol–water partition coefficient (Wildman–Crippen LogP) is 15.2. The predicted molar refractivity (Wildman–Crippen MR) is 252 cm³/mol. The van der Waals surface area contributed by atoms with Crippen molar-refractivity contribution in [1.29, 1.82) is 0 Å². The average molecular weight is 778 g/mol. The van der Waals surface area contributed by atoms with Gasteiger partial charge in [-0.15, -0.1) is 0 Å². The number of para-hydroxylation sites is 1. The Balaban J connectivity index is 0.945. The number of aromatic nitrogens is 3. The van der Waals surface area contributed by atoms with Gasteiger partial charge in [0, 0.05) is 27.5 Å². The second-order valence-electron chi connectivity index (χ2n) is 15.5. The highest BCUT2D eigenvalue weighted by atomic mass is 16.3. The minimum atomic E-state index is 0.601. The largest absolute Gasteiger partial charge is 0.456 e. The van der Waals surface area contributed by atoms with Crippen molar-refractivity contribution in [2.45, 2.75) is 0 Å². The lowest BCUT2D eigenvalue weighted by Gasteiger charge is -2.14. The average Bonchev–Trinajstić information content (AvgIpc) is 3.71. The van der Waals surface area contributed by atoms with Crippen LogP contribution in [0.1, 0.15) is 0 Å². The number of rotatable bonds is 6. The first-order chi connectivity index (χ1) is 30.2. The number of furan rings is 1. The summed E-state index contributed by atoms with van der Waals surface area (Å²) < 4.78 is 6.17. The van der Waals surface area contributed by atoms with Crippen LogP contribution in [0.5, 0.6) is 0 Å². The summed E-state index contributed by atoms with van der Waals surface area (Å²) in [6, 6.07) is 74.8. The Kier molecular flexibility index (Phi) is 8.13. The van der Waals surface area contributed by atoms with Gasteiger partial charge in [-0.25, -0.2) is 15.0 Å². The summed E-state index contributed by atoms with van der Waals surface area (Å²) in [4.78, 5) is 15.5. The van der Waals surface area contributed by atoms with Gasteiger partial charge >= 0.3 is 0 Å². The van der Waals surface area contributed by atoms with Crippen LogP contribution < -0.4 is 0 Å². The number of hydrogen-bond acceptors (Lipinski definition) is 4. The molecule has 0 atom stereocenters. The lowest BCUT2D eigenvalue weighted by Crippen LogP contribution is -2.01. The molecule has 284 valence electrons. The molecule has 0 spiro atoms. The van der Waals surface area contributed by atoms with Crippen molar-refractivity contribution in [3.8, 4) is 67.5 Å². The Morgan fingerprint density at radius 1 is 0.262 bits per heavy atom. The lowest BCUT2D eigenvalue weighted by atomic mass is 9.89. The van der Waals surface area contributed by atoms with Gasteiger partial charge in [0.25, 0.3) is 0 Å². The number of hydrogen-bond donors (Lipinski definition) is 0. The van der Waals surface area contributed by atoms with E-state index in [1.165, 1.54) is 43.4 Å². The SMILES string of the molecule is c1ccc(-c2ccccc2-c2nc(-c3ccc(-c4ccc(-c5c6ccccc6cc6c5ccc5ccccc56)cc4)cc3)nc(-c3ccc4oc5ccccc5c4c3)n2)cc1. The molecule has 0 aliphatic carbocycles. The molecular formula is C57H35N3O. The van der Waals surface area contributed by atoms with E-state index >= 15 is 0 Å². The summed E-state index contributed by atoms with van der Waals surface area (Å²) in [6.45, 7) is 0. The van der Waals surface area contributed by atoms with E-state index in [9.17, 15) is 0 Å². The van der Waals surface area contributed by atoms with Gasteiger partial charge in [0.05, 0.1) is 0 Å². The summed E-state index contributed by atoms with van der Waals surface area (Å²) in [5, 5.41) is 9.64. The number of nitrogens with zero attached hydrogens (tertiary/aromatic N) is 3. The maximum absolute atomic E-state index is 6.17. The summed E-state index contributed by atoms with van der Waals surface area (Å²) in [5.41, 5.74) is 11.3. The fraction of sp³-hybridized carbons (Fsp3) is 0. The number of benzene rings is 10. The van der Waals surface area contributed by atoms with Crippen LogP contribution >= 0.6 is 0 Å². The minimum absolute atomic E-state index is 0.601. The van der Waals surface area contributed by atoms with Crippen LogP contribution in [-0.4, -0.2) is 15.0 Å². The summed E-state index contributed by atoms with van der Waals surface area (Å²) >= 11 is 0. The third-order valence-corrected chi connectivity index (χ3v) is 11.9. The lowest BCUT2D eigenvalue weighted by molar-refractivity contribution is 0.669. The molecule has 12 rings (SSSR count). The molecule has 0 unspecified atom stereocenters. The summed E-state index contributed by atoms with van der Waals surface area (Å²) in [6.07, 6.45) is 0. The van der Waals surface area contributed by atoms with Gasteiger partial charge in [-0.05, 0) is 96.0 Å². The van der Waals surface area contributed by atoms with E-state index in [1.807, 2.05) is 42.5 Å². The van der Waals surface area contributed by atoms with Crippen LogP contribution in [0.25, 0.3) is 122 Å². The Labute approximate surface area is 352 Å².